The number of amides is 1. The van der Waals surface area contributed by atoms with Gasteiger partial charge in [-0.1, -0.05) is 24.3 Å². The number of ketones is 1. The second-order valence-electron chi connectivity index (χ2n) is 7.07. The Morgan fingerprint density at radius 3 is 2.89 bits per heavy atom. The minimum absolute atomic E-state index is 0.0199. The first kappa shape index (κ1) is 18.6. The van der Waals surface area contributed by atoms with Gasteiger partial charge in [0.15, 0.2) is 12.4 Å². The maximum absolute atomic E-state index is 12.7. The molecule has 1 aliphatic heterocycles. The SMILES string of the molecule is CC(=O)c1cccc(OCC(=O)N2CCC[C@H](c3nc4ccccc4s3)C2)c1. The largest absolute Gasteiger partial charge is 0.484 e. The van der Waals surface area contributed by atoms with Crippen LogP contribution in [0.2, 0.25) is 0 Å². The molecule has 144 valence electrons. The highest BCUT2D eigenvalue weighted by Gasteiger charge is 2.27. The van der Waals surface area contributed by atoms with E-state index in [1.54, 1.807) is 35.6 Å². The summed E-state index contributed by atoms with van der Waals surface area (Å²) in [5.41, 5.74) is 1.61. The number of carbonyl (C=O) groups excluding carboxylic acids is 2. The molecule has 0 saturated carbocycles. The number of benzene rings is 2. The normalized spacial score (nSPS) is 16.9. The molecule has 1 aliphatic rings. The first-order chi connectivity index (χ1) is 13.6. The van der Waals surface area contributed by atoms with Gasteiger partial charge in [0.2, 0.25) is 0 Å². The van der Waals surface area contributed by atoms with E-state index in [0.29, 0.717) is 17.9 Å². The van der Waals surface area contributed by atoms with Crippen LogP contribution in [0.15, 0.2) is 48.5 Å². The molecule has 3 aromatic rings. The van der Waals surface area contributed by atoms with E-state index in [4.69, 9.17) is 9.72 Å². The highest BCUT2D eigenvalue weighted by molar-refractivity contribution is 7.18. The third kappa shape index (κ3) is 4.07. The molecule has 0 unspecified atom stereocenters. The Hall–Kier alpha value is -2.73. The number of likely N-dealkylation sites (tertiary alicyclic amines) is 1. The lowest BCUT2D eigenvalue weighted by Crippen LogP contribution is -2.41. The zero-order chi connectivity index (χ0) is 19.5. The van der Waals surface area contributed by atoms with Crippen LogP contribution in [-0.4, -0.2) is 41.3 Å². The highest BCUT2D eigenvalue weighted by atomic mass is 32.1. The van der Waals surface area contributed by atoms with Gasteiger partial charge in [-0.15, -0.1) is 11.3 Å². The van der Waals surface area contributed by atoms with E-state index in [-0.39, 0.29) is 24.2 Å². The molecule has 0 spiro atoms. The van der Waals surface area contributed by atoms with Crippen LogP contribution in [0.3, 0.4) is 0 Å². The van der Waals surface area contributed by atoms with Crippen LogP contribution in [0.4, 0.5) is 0 Å². The number of aromatic nitrogens is 1. The summed E-state index contributed by atoms with van der Waals surface area (Å²) >= 11 is 1.72. The van der Waals surface area contributed by atoms with Crippen LogP contribution in [0.1, 0.15) is 41.0 Å². The Morgan fingerprint density at radius 2 is 2.07 bits per heavy atom. The Bertz CT molecular complexity index is 981. The fourth-order valence-corrected chi connectivity index (χ4v) is 4.60. The van der Waals surface area contributed by atoms with Gasteiger partial charge < -0.3 is 9.64 Å². The molecule has 1 aromatic heterocycles. The molecule has 1 fully saturated rings. The predicted octanol–water partition coefficient (Wildman–Crippen LogP) is 4.28. The van der Waals surface area contributed by atoms with Gasteiger partial charge in [0, 0.05) is 24.6 Å². The number of piperidine rings is 1. The molecule has 0 bridgehead atoms. The fraction of sp³-hybridized carbons (Fsp3) is 0.318. The van der Waals surface area contributed by atoms with E-state index >= 15 is 0 Å². The molecule has 6 heteroatoms. The molecule has 0 aliphatic carbocycles. The van der Waals surface area contributed by atoms with Gasteiger partial charge in [-0.25, -0.2) is 4.98 Å². The number of fused-ring (bicyclic) bond motifs is 1. The number of nitrogens with zero attached hydrogens (tertiary/aromatic N) is 2. The van der Waals surface area contributed by atoms with Crippen molar-refractivity contribution in [3.63, 3.8) is 0 Å². The van der Waals surface area contributed by atoms with Gasteiger partial charge in [-0.05, 0) is 44.0 Å². The van der Waals surface area contributed by atoms with Crippen LogP contribution in [-0.2, 0) is 4.79 Å². The van der Waals surface area contributed by atoms with Crippen molar-refractivity contribution >= 4 is 33.2 Å². The van der Waals surface area contributed by atoms with Crippen LogP contribution in [0, 0.1) is 0 Å². The molecule has 2 heterocycles. The lowest BCUT2D eigenvalue weighted by molar-refractivity contribution is -0.134. The Kier molecular flexibility index (Phi) is 5.39. The van der Waals surface area contributed by atoms with E-state index < -0.39 is 0 Å². The summed E-state index contributed by atoms with van der Waals surface area (Å²) in [6.07, 6.45) is 2.01. The Balaban J connectivity index is 1.39. The van der Waals surface area contributed by atoms with Crippen LogP contribution in [0.5, 0.6) is 5.75 Å². The van der Waals surface area contributed by atoms with Gasteiger partial charge in [0.25, 0.3) is 5.91 Å². The zero-order valence-electron chi connectivity index (χ0n) is 15.8. The predicted molar refractivity (Wildman–Crippen MR) is 110 cm³/mol. The summed E-state index contributed by atoms with van der Waals surface area (Å²) in [5, 5.41) is 1.11. The standard InChI is InChI=1S/C22H22N2O3S/c1-15(25)16-6-4-8-18(12-16)27-14-21(26)24-11-5-7-17(13-24)22-23-19-9-2-3-10-20(19)28-22/h2-4,6,8-10,12,17H,5,7,11,13-14H2,1H3/t17-/m0/s1. The van der Waals surface area contributed by atoms with Crippen LogP contribution >= 0.6 is 11.3 Å². The molecule has 4 rings (SSSR count). The topological polar surface area (TPSA) is 59.5 Å². The van der Waals surface area contributed by atoms with Crippen LogP contribution in [0.25, 0.3) is 10.2 Å². The van der Waals surface area contributed by atoms with E-state index in [9.17, 15) is 9.59 Å². The monoisotopic (exact) mass is 394 g/mol. The maximum atomic E-state index is 12.7. The molecule has 28 heavy (non-hydrogen) atoms. The number of hydrogen-bond donors (Lipinski definition) is 0. The van der Waals surface area contributed by atoms with E-state index in [1.165, 1.54) is 11.6 Å². The highest BCUT2D eigenvalue weighted by Crippen LogP contribution is 2.33. The van der Waals surface area contributed by atoms with Gasteiger partial charge in [-0.3, -0.25) is 9.59 Å². The number of rotatable bonds is 5. The van der Waals surface area contributed by atoms with Gasteiger partial charge in [-0.2, -0.15) is 0 Å². The molecular weight excluding hydrogens is 372 g/mol. The molecule has 1 amide bonds. The van der Waals surface area contributed by atoms with Gasteiger partial charge in [0.1, 0.15) is 5.75 Å². The van der Waals surface area contributed by atoms with E-state index in [1.807, 2.05) is 23.1 Å². The lowest BCUT2D eigenvalue weighted by Gasteiger charge is -2.31. The lowest BCUT2D eigenvalue weighted by atomic mass is 9.99. The summed E-state index contributed by atoms with van der Waals surface area (Å²) in [5.74, 6) is 0.766. The Morgan fingerprint density at radius 1 is 1.21 bits per heavy atom. The smallest absolute Gasteiger partial charge is 0.260 e. The molecule has 2 aromatic carbocycles. The van der Waals surface area contributed by atoms with Crippen LogP contribution < -0.4 is 4.74 Å². The van der Waals surface area contributed by atoms with Crippen molar-refractivity contribution in [3.05, 3.63) is 59.1 Å². The fourth-order valence-electron chi connectivity index (χ4n) is 3.51. The second-order valence-corrected chi connectivity index (χ2v) is 8.13. The third-order valence-corrected chi connectivity index (χ3v) is 6.24. The molecule has 0 radical (unpaired) electrons. The summed E-state index contributed by atoms with van der Waals surface area (Å²) in [7, 11) is 0. The third-order valence-electron chi connectivity index (χ3n) is 5.04. The minimum Gasteiger partial charge on any atom is -0.484 e. The summed E-state index contributed by atoms with van der Waals surface area (Å²) in [6.45, 7) is 2.92. The van der Waals surface area contributed by atoms with Crippen molar-refractivity contribution in [2.45, 2.75) is 25.7 Å². The molecule has 1 saturated heterocycles. The molecular formula is C22H22N2O3S. The number of Topliss-reactive ketones (excluding diaryl/α,β-unsaturated/α-hetero) is 1. The quantitative estimate of drug-likeness (QED) is 0.606. The van der Waals surface area contributed by atoms with Gasteiger partial charge in [0.05, 0.1) is 15.2 Å². The number of hydrogen-bond acceptors (Lipinski definition) is 5. The number of para-hydroxylation sites is 1. The van der Waals surface area contributed by atoms with Crippen molar-refractivity contribution in [2.75, 3.05) is 19.7 Å². The number of carbonyl (C=O) groups is 2. The average molecular weight is 394 g/mol. The maximum Gasteiger partial charge on any atom is 0.260 e. The van der Waals surface area contributed by atoms with E-state index in [0.717, 1.165) is 29.9 Å². The van der Waals surface area contributed by atoms with Crippen molar-refractivity contribution in [1.82, 2.24) is 9.88 Å². The van der Waals surface area contributed by atoms with E-state index in [2.05, 4.69) is 6.07 Å². The van der Waals surface area contributed by atoms with Gasteiger partial charge >= 0.3 is 0 Å². The zero-order valence-corrected chi connectivity index (χ0v) is 16.6. The molecule has 5 nitrogen and oxygen atoms in total. The number of thiazole rings is 1. The summed E-state index contributed by atoms with van der Waals surface area (Å²) in [6, 6.07) is 15.1. The molecule has 0 N–H and O–H groups in total. The van der Waals surface area contributed by atoms with Crippen molar-refractivity contribution in [2.24, 2.45) is 0 Å². The Labute approximate surface area is 168 Å². The first-order valence-corrected chi connectivity index (χ1v) is 10.3. The summed E-state index contributed by atoms with van der Waals surface area (Å²) < 4.78 is 6.83. The van der Waals surface area contributed by atoms with Crippen molar-refractivity contribution < 1.29 is 14.3 Å². The average Bonchev–Trinajstić information content (AvgIpc) is 3.16. The van der Waals surface area contributed by atoms with Crippen molar-refractivity contribution in [1.29, 1.82) is 0 Å². The molecule has 1 atom stereocenters. The van der Waals surface area contributed by atoms with Crippen molar-refractivity contribution in [3.8, 4) is 5.75 Å². The first-order valence-electron chi connectivity index (χ1n) is 9.47. The minimum atomic E-state index is -0.0287. The second kappa shape index (κ2) is 8.10. The number of ether oxygens (including phenoxy) is 1. The summed E-state index contributed by atoms with van der Waals surface area (Å²) in [4.78, 5) is 30.8.